The molecule has 0 aromatic rings. The fourth-order valence-corrected chi connectivity index (χ4v) is 10.8. The molecule has 0 bridgehead atoms. The maximum absolute atomic E-state index is 12.6. The van der Waals surface area contributed by atoms with Gasteiger partial charge in [-0.1, -0.05) is 13.8 Å². The average molecular weight is 591 g/mol. The fraction of sp³-hybridized carbons (Fsp3) is 0.875. The quantitative estimate of drug-likeness (QED) is 0.280. The number of carbonyl (C=O) groups is 2. The van der Waals surface area contributed by atoms with E-state index in [-0.39, 0.29) is 40.8 Å². The lowest BCUT2D eigenvalue weighted by molar-refractivity contribution is -0.315. The van der Waals surface area contributed by atoms with Crippen molar-refractivity contribution in [3.05, 3.63) is 11.6 Å². The molecule has 14 unspecified atom stereocenters. The molecule has 6 fully saturated rings. The molecule has 10 heteroatoms. The van der Waals surface area contributed by atoms with Crippen LogP contribution in [0.4, 0.5) is 0 Å². The van der Waals surface area contributed by atoms with Crippen molar-refractivity contribution in [2.45, 2.75) is 133 Å². The van der Waals surface area contributed by atoms with Gasteiger partial charge in [0.1, 0.15) is 30.0 Å². The second-order valence-corrected chi connectivity index (χ2v) is 14.6. The molecule has 7 rings (SSSR count). The Balaban J connectivity index is 1.09. The van der Waals surface area contributed by atoms with Crippen molar-refractivity contribution in [3.63, 3.8) is 0 Å². The number of aliphatic hydroxyl groups excluding tert-OH is 1. The summed E-state index contributed by atoms with van der Waals surface area (Å²) in [5.74, 6) is -0.0281. The Bertz CT molecular complexity index is 1170. The summed E-state index contributed by atoms with van der Waals surface area (Å²) in [5, 5.41) is 23.3. The maximum atomic E-state index is 12.6. The molecule has 3 heterocycles. The summed E-state index contributed by atoms with van der Waals surface area (Å²) in [7, 11) is 1.49. The predicted molar refractivity (Wildman–Crippen MR) is 147 cm³/mol. The number of hydrogen-bond donors (Lipinski definition) is 2. The van der Waals surface area contributed by atoms with Crippen molar-refractivity contribution < 1.29 is 48.2 Å². The van der Waals surface area contributed by atoms with Crippen molar-refractivity contribution in [1.29, 1.82) is 0 Å². The molecule has 14 atom stereocenters. The number of methoxy groups -OCH3 is 1. The van der Waals surface area contributed by atoms with E-state index in [0.717, 1.165) is 50.5 Å². The van der Waals surface area contributed by atoms with Crippen LogP contribution in [0.1, 0.15) is 79.1 Å². The molecule has 10 nitrogen and oxygen atoms in total. The Morgan fingerprint density at radius 3 is 2.57 bits per heavy atom. The summed E-state index contributed by atoms with van der Waals surface area (Å²) in [6.07, 6.45) is 4.48. The minimum Gasteiger partial charge on any atom is -0.458 e. The molecule has 7 aliphatic rings. The van der Waals surface area contributed by atoms with E-state index in [1.54, 1.807) is 13.0 Å². The first-order chi connectivity index (χ1) is 19.9. The van der Waals surface area contributed by atoms with Gasteiger partial charge in [0.05, 0.1) is 18.3 Å². The summed E-state index contributed by atoms with van der Waals surface area (Å²) < 4.78 is 35.6. The lowest BCUT2D eigenvalue weighted by Gasteiger charge is -2.62. The first-order valence-corrected chi connectivity index (χ1v) is 15.8. The molecule has 0 aromatic heterocycles. The van der Waals surface area contributed by atoms with Gasteiger partial charge in [-0.05, 0) is 87.0 Å². The largest absolute Gasteiger partial charge is 0.458 e. The number of fused-ring (bicyclic) bond motifs is 3. The molecule has 4 saturated carbocycles. The summed E-state index contributed by atoms with van der Waals surface area (Å²) in [4.78, 5) is 23.8. The van der Waals surface area contributed by atoms with Crippen LogP contribution >= 0.6 is 0 Å². The Kier molecular flexibility index (Phi) is 6.75. The van der Waals surface area contributed by atoms with Crippen LogP contribution in [0.15, 0.2) is 11.6 Å². The van der Waals surface area contributed by atoms with Gasteiger partial charge in [-0.3, -0.25) is 4.79 Å². The summed E-state index contributed by atoms with van der Waals surface area (Å²) >= 11 is 0. The van der Waals surface area contributed by atoms with Crippen LogP contribution < -0.4 is 0 Å². The average Bonchev–Trinajstić information content (AvgIpc) is 3.38. The number of carbonyl (C=O) groups excluding carboxylic acids is 2. The van der Waals surface area contributed by atoms with Crippen LogP contribution in [0.3, 0.4) is 0 Å². The topological polar surface area (TPSA) is 133 Å². The number of hydrogen-bond acceptors (Lipinski definition) is 10. The Hall–Kier alpha value is -1.56. The van der Waals surface area contributed by atoms with Gasteiger partial charge in [0.2, 0.25) is 0 Å². The Labute approximate surface area is 247 Å². The van der Waals surface area contributed by atoms with Gasteiger partial charge in [0.25, 0.3) is 0 Å². The zero-order chi connectivity index (χ0) is 29.8. The molecular formula is C32H46O10. The van der Waals surface area contributed by atoms with E-state index in [9.17, 15) is 19.8 Å². The third-order valence-corrected chi connectivity index (χ3v) is 13.0. The van der Waals surface area contributed by atoms with Gasteiger partial charge in [-0.25, -0.2) is 4.79 Å². The predicted octanol–water partition coefficient (Wildman–Crippen LogP) is 2.81. The zero-order valence-electron chi connectivity index (χ0n) is 25.4. The Morgan fingerprint density at radius 2 is 1.88 bits per heavy atom. The second-order valence-electron chi connectivity index (χ2n) is 14.6. The lowest BCUT2D eigenvalue weighted by Crippen LogP contribution is -2.68. The van der Waals surface area contributed by atoms with Crippen molar-refractivity contribution in [3.8, 4) is 0 Å². The first-order valence-electron chi connectivity index (χ1n) is 15.8. The van der Waals surface area contributed by atoms with Crippen LogP contribution in [-0.2, 0) is 38.0 Å². The van der Waals surface area contributed by atoms with Crippen LogP contribution in [-0.4, -0.2) is 90.0 Å². The smallest absolute Gasteiger partial charge is 0.331 e. The minimum atomic E-state index is -0.941. The standard InChI is InChI=1S/C32H46O10/c1-16-25(35)26(37-5)27(40-17(2)33)28(39-16)41-20-6-9-29(3)19(13-20)14-23-32(42-23)22(29)8-10-30(4)21(7-11-31(30,32)36)18-12-24(34)38-15-18/h12,16,19-23,25-28,35-36H,6-11,13-15H2,1-5H3. The molecule has 2 N–H and O–H groups in total. The molecule has 234 valence electrons. The molecule has 42 heavy (non-hydrogen) atoms. The van der Waals surface area contributed by atoms with Gasteiger partial charge < -0.3 is 38.6 Å². The van der Waals surface area contributed by atoms with Crippen LogP contribution in [0.2, 0.25) is 0 Å². The van der Waals surface area contributed by atoms with Crippen LogP contribution in [0.5, 0.6) is 0 Å². The van der Waals surface area contributed by atoms with Crippen LogP contribution in [0, 0.1) is 28.6 Å². The summed E-state index contributed by atoms with van der Waals surface area (Å²) in [6, 6.07) is 0. The molecule has 3 aliphatic heterocycles. The third kappa shape index (κ3) is 3.84. The Morgan fingerprint density at radius 1 is 1.10 bits per heavy atom. The lowest BCUT2D eigenvalue weighted by atomic mass is 9.43. The third-order valence-electron chi connectivity index (χ3n) is 13.0. The number of aliphatic hydroxyl groups is 2. The normalized spacial score (nSPS) is 54.5. The number of ether oxygens (including phenoxy) is 6. The van der Waals surface area contributed by atoms with Gasteiger partial charge >= 0.3 is 11.9 Å². The SMILES string of the molecule is COC1C(O)C(C)OC(OC2CCC3(C)C(C2)CC2OC24C3CCC2(C)C(C3=CC(=O)OC3)CCC24O)C1OC(C)=O. The number of rotatable bonds is 5. The van der Waals surface area contributed by atoms with E-state index in [0.29, 0.717) is 18.9 Å². The van der Waals surface area contributed by atoms with Crippen molar-refractivity contribution in [1.82, 2.24) is 0 Å². The molecule has 0 radical (unpaired) electrons. The highest BCUT2D eigenvalue weighted by Crippen LogP contribution is 2.77. The summed E-state index contributed by atoms with van der Waals surface area (Å²) in [6.45, 7) is 8.04. The van der Waals surface area contributed by atoms with E-state index in [2.05, 4.69) is 13.8 Å². The van der Waals surface area contributed by atoms with Gasteiger partial charge in [0.15, 0.2) is 12.4 Å². The second kappa shape index (κ2) is 9.72. The van der Waals surface area contributed by atoms with Crippen molar-refractivity contribution in [2.24, 2.45) is 28.6 Å². The van der Waals surface area contributed by atoms with Crippen molar-refractivity contribution >= 4 is 11.9 Å². The van der Waals surface area contributed by atoms with Gasteiger partial charge in [-0.15, -0.1) is 0 Å². The molecule has 2 saturated heterocycles. The molecule has 4 aliphatic carbocycles. The highest BCUT2D eigenvalue weighted by Gasteiger charge is 2.84. The molecule has 0 amide bonds. The molecule has 0 aromatic carbocycles. The fourth-order valence-electron chi connectivity index (χ4n) is 10.8. The summed E-state index contributed by atoms with van der Waals surface area (Å²) in [5.41, 5.74) is -0.815. The number of esters is 2. The maximum Gasteiger partial charge on any atom is 0.331 e. The molecular weight excluding hydrogens is 544 g/mol. The van der Waals surface area contributed by atoms with E-state index in [1.165, 1.54) is 14.0 Å². The van der Waals surface area contributed by atoms with Gasteiger partial charge in [0, 0.05) is 25.5 Å². The van der Waals surface area contributed by atoms with Crippen LogP contribution in [0.25, 0.3) is 0 Å². The highest BCUT2D eigenvalue weighted by atomic mass is 16.7. The number of epoxide rings is 1. The van der Waals surface area contributed by atoms with Crippen molar-refractivity contribution in [2.75, 3.05) is 13.7 Å². The van der Waals surface area contributed by atoms with Gasteiger partial charge in [-0.2, -0.15) is 0 Å². The van der Waals surface area contributed by atoms with E-state index in [4.69, 9.17) is 28.4 Å². The molecule has 1 spiro atoms. The zero-order valence-corrected chi connectivity index (χ0v) is 25.4. The first kappa shape index (κ1) is 29.2. The van der Waals surface area contributed by atoms with E-state index < -0.39 is 47.9 Å². The number of cyclic esters (lactones) is 1. The van der Waals surface area contributed by atoms with E-state index >= 15 is 0 Å². The highest BCUT2D eigenvalue weighted by molar-refractivity contribution is 5.85. The minimum absolute atomic E-state index is 0.00499. The monoisotopic (exact) mass is 590 g/mol. The van der Waals surface area contributed by atoms with E-state index in [1.807, 2.05) is 0 Å².